The van der Waals surface area contributed by atoms with E-state index < -0.39 is 0 Å². The summed E-state index contributed by atoms with van der Waals surface area (Å²) in [5.74, 6) is 0.0492. The van der Waals surface area contributed by atoms with Crippen molar-refractivity contribution in [2.45, 2.75) is 26.3 Å². The van der Waals surface area contributed by atoms with Crippen molar-refractivity contribution in [3.63, 3.8) is 0 Å². The summed E-state index contributed by atoms with van der Waals surface area (Å²) in [6.07, 6.45) is 1.91. The molecule has 3 heterocycles. The third-order valence-corrected chi connectivity index (χ3v) is 3.86. The lowest BCUT2D eigenvalue weighted by Gasteiger charge is -2.27. The van der Waals surface area contributed by atoms with E-state index in [1.807, 2.05) is 10.6 Å². The monoisotopic (exact) mass is 276 g/mol. The zero-order valence-electron chi connectivity index (χ0n) is 12.1. The third-order valence-electron chi connectivity index (χ3n) is 3.86. The van der Waals surface area contributed by atoms with E-state index in [0.717, 1.165) is 44.1 Å². The van der Waals surface area contributed by atoms with Gasteiger partial charge in [-0.25, -0.2) is 9.37 Å². The summed E-state index contributed by atoms with van der Waals surface area (Å²) in [4.78, 5) is 6.92. The van der Waals surface area contributed by atoms with Crippen molar-refractivity contribution < 1.29 is 4.39 Å². The fourth-order valence-electron chi connectivity index (χ4n) is 2.80. The highest BCUT2D eigenvalue weighted by molar-refractivity contribution is 5.45. The van der Waals surface area contributed by atoms with Gasteiger partial charge in [-0.1, -0.05) is 13.8 Å². The van der Waals surface area contributed by atoms with Crippen molar-refractivity contribution in [2.75, 3.05) is 26.2 Å². The Kier molecular flexibility index (Phi) is 3.72. The molecular weight excluding hydrogens is 255 g/mol. The number of nitrogens with one attached hydrogen (secondary N) is 1. The summed E-state index contributed by atoms with van der Waals surface area (Å²) in [6, 6.07) is 3.22. The first-order chi connectivity index (χ1) is 9.66. The number of hydrogen-bond donors (Lipinski definition) is 1. The average Bonchev–Trinajstić information content (AvgIpc) is 2.81. The van der Waals surface area contributed by atoms with Crippen LogP contribution in [0.25, 0.3) is 5.65 Å². The highest BCUT2D eigenvalue weighted by atomic mass is 19.1. The maximum absolute atomic E-state index is 13.9. The van der Waals surface area contributed by atoms with Gasteiger partial charge in [-0.15, -0.1) is 0 Å². The third kappa shape index (κ3) is 2.43. The first-order valence-electron chi connectivity index (χ1n) is 7.25. The van der Waals surface area contributed by atoms with Crippen LogP contribution in [0.5, 0.6) is 0 Å². The summed E-state index contributed by atoms with van der Waals surface area (Å²) in [5, 5.41) is 3.35. The quantitative estimate of drug-likeness (QED) is 0.930. The van der Waals surface area contributed by atoms with E-state index in [0.29, 0.717) is 11.6 Å². The molecule has 0 unspecified atom stereocenters. The first-order valence-corrected chi connectivity index (χ1v) is 7.25. The summed E-state index contributed by atoms with van der Waals surface area (Å²) in [6.45, 7) is 9.14. The maximum Gasteiger partial charge on any atom is 0.173 e. The predicted molar refractivity (Wildman–Crippen MR) is 77.4 cm³/mol. The van der Waals surface area contributed by atoms with Gasteiger partial charge in [0.15, 0.2) is 11.5 Å². The Balaban J connectivity index is 2.02. The summed E-state index contributed by atoms with van der Waals surface area (Å²) < 4.78 is 15.8. The van der Waals surface area contributed by atoms with Gasteiger partial charge in [-0.3, -0.25) is 4.90 Å². The van der Waals surface area contributed by atoms with Gasteiger partial charge in [0, 0.05) is 38.9 Å². The smallest absolute Gasteiger partial charge is 0.173 e. The van der Waals surface area contributed by atoms with Crippen LogP contribution >= 0.6 is 0 Å². The molecule has 0 spiro atoms. The normalized spacial score (nSPS) is 17.2. The first kappa shape index (κ1) is 13.5. The van der Waals surface area contributed by atoms with Crippen LogP contribution in [0.3, 0.4) is 0 Å². The molecule has 0 aliphatic carbocycles. The number of nitrogens with zero attached hydrogens (tertiary/aromatic N) is 3. The molecule has 2 aromatic heterocycles. The van der Waals surface area contributed by atoms with Crippen molar-refractivity contribution in [2.24, 2.45) is 0 Å². The minimum absolute atomic E-state index is 0.249. The minimum Gasteiger partial charge on any atom is -0.314 e. The lowest BCUT2D eigenvalue weighted by Crippen LogP contribution is -2.43. The number of piperazine rings is 1. The molecule has 1 saturated heterocycles. The second-order valence-corrected chi connectivity index (χ2v) is 5.67. The molecule has 0 bridgehead atoms. The van der Waals surface area contributed by atoms with E-state index in [-0.39, 0.29) is 5.82 Å². The number of pyridine rings is 1. The van der Waals surface area contributed by atoms with Gasteiger partial charge < -0.3 is 9.72 Å². The highest BCUT2D eigenvalue weighted by Crippen LogP contribution is 2.23. The molecule has 3 rings (SSSR count). The van der Waals surface area contributed by atoms with E-state index >= 15 is 0 Å². The molecule has 1 aliphatic heterocycles. The Bertz CT molecular complexity index is 599. The molecule has 4 nitrogen and oxygen atoms in total. The van der Waals surface area contributed by atoms with E-state index in [2.05, 4.69) is 29.0 Å². The van der Waals surface area contributed by atoms with Crippen molar-refractivity contribution in [3.05, 3.63) is 35.5 Å². The molecule has 0 atom stereocenters. The van der Waals surface area contributed by atoms with E-state index in [9.17, 15) is 4.39 Å². The molecule has 20 heavy (non-hydrogen) atoms. The van der Waals surface area contributed by atoms with Crippen LogP contribution < -0.4 is 5.32 Å². The Hall–Kier alpha value is -1.46. The van der Waals surface area contributed by atoms with Crippen LogP contribution in [-0.4, -0.2) is 40.5 Å². The van der Waals surface area contributed by atoms with Crippen molar-refractivity contribution in [1.82, 2.24) is 19.6 Å². The summed E-state index contributed by atoms with van der Waals surface area (Å²) >= 11 is 0. The number of imidazole rings is 1. The van der Waals surface area contributed by atoms with Crippen LogP contribution in [0, 0.1) is 5.82 Å². The van der Waals surface area contributed by atoms with Crippen molar-refractivity contribution in [3.8, 4) is 0 Å². The fourth-order valence-corrected chi connectivity index (χ4v) is 2.80. The lowest BCUT2D eigenvalue weighted by molar-refractivity contribution is 0.229. The van der Waals surface area contributed by atoms with Crippen LogP contribution in [0.4, 0.5) is 4.39 Å². The van der Waals surface area contributed by atoms with Gasteiger partial charge in [0.2, 0.25) is 0 Å². The van der Waals surface area contributed by atoms with Gasteiger partial charge in [0.1, 0.15) is 0 Å². The van der Waals surface area contributed by atoms with Gasteiger partial charge in [0.25, 0.3) is 0 Å². The zero-order valence-corrected chi connectivity index (χ0v) is 12.1. The van der Waals surface area contributed by atoms with E-state index in [1.54, 1.807) is 6.07 Å². The molecular formula is C15H21FN4. The van der Waals surface area contributed by atoms with Crippen LogP contribution in [0.1, 0.15) is 31.2 Å². The van der Waals surface area contributed by atoms with Crippen molar-refractivity contribution in [1.29, 1.82) is 0 Å². The average molecular weight is 276 g/mol. The molecule has 1 aliphatic rings. The Morgan fingerprint density at radius 2 is 2.10 bits per heavy atom. The van der Waals surface area contributed by atoms with Crippen molar-refractivity contribution >= 4 is 5.65 Å². The SMILES string of the molecule is CC(C)c1nc2c(F)cccn2c1CN1CCNCC1. The van der Waals surface area contributed by atoms with Crippen LogP contribution in [0.15, 0.2) is 18.3 Å². The Labute approximate surface area is 118 Å². The maximum atomic E-state index is 13.9. The lowest BCUT2D eigenvalue weighted by atomic mass is 10.1. The zero-order chi connectivity index (χ0) is 14.1. The fraction of sp³-hybridized carbons (Fsp3) is 0.533. The van der Waals surface area contributed by atoms with Gasteiger partial charge in [-0.2, -0.15) is 0 Å². The highest BCUT2D eigenvalue weighted by Gasteiger charge is 2.20. The number of aromatic nitrogens is 2. The van der Waals surface area contributed by atoms with E-state index in [1.165, 1.54) is 6.07 Å². The molecule has 1 fully saturated rings. The molecule has 0 aromatic carbocycles. The molecule has 2 aromatic rings. The second kappa shape index (κ2) is 5.50. The number of fused-ring (bicyclic) bond motifs is 1. The standard InChI is InChI=1S/C15H21FN4/c1-11(2)14-13(10-19-8-5-17-6-9-19)20-7-3-4-12(16)15(20)18-14/h3-4,7,11,17H,5-6,8-10H2,1-2H3. The molecule has 0 saturated carbocycles. The topological polar surface area (TPSA) is 32.6 Å². The number of halogens is 1. The molecule has 0 radical (unpaired) electrons. The summed E-state index contributed by atoms with van der Waals surface area (Å²) in [5.41, 5.74) is 2.58. The van der Waals surface area contributed by atoms with Gasteiger partial charge >= 0.3 is 0 Å². The molecule has 0 amide bonds. The number of rotatable bonds is 3. The second-order valence-electron chi connectivity index (χ2n) is 5.67. The molecule has 1 N–H and O–H groups in total. The van der Waals surface area contributed by atoms with Crippen LogP contribution in [0.2, 0.25) is 0 Å². The largest absolute Gasteiger partial charge is 0.314 e. The van der Waals surface area contributed by atoms with Crippen LogP contribution in [-0.2, 0) is 6.54 Å². The molecule has 108 valence electrons. The predicted octanol–water partition coefficient (Wildman–Crippen LogP) is 2.00. The van der Waals surface area contributed by atoms with Gasteiger partial charge in [0.05, 0.1) is 11.4 Å². The minimum atomic E-state index is -0.249. The van der Waals surface area contributed by atoms with Gasteiger partial charge in [-0.05, 0) is 18.1 Å². The Morgan fingerprint density at radius 1 is 1.35 bits per heavy atom. The Morgan fingerprint density at radius 3 is 2.80 bits per heavy atom. The number of hydrogen-bond acceptors (Lipinski definition) is 3. The van der Waals surface area contributed by atoms with E-state index in [4.69, 9.17) is 0 Å². The molecule has 5 heteroatoms. The summed E-state index contributed by atoms with van der Waals surface area (Å²) in [7, 11) is 0.